The molecule has 0 spiro atoms. The van der Waals surface area contributed by atoms with E-state index in [1.165, 1.54) is 0 Å². The van der Waals surface area contributed by atoms with Crippen LogP contribution in [-0.2, 0) is 9.84 Å². The molecule has 22 heavy (non-hydrogen) atoms. The van der Waals surface area contributed by atoms with Gasteiger partial charge in [0, 0.05) is 15.8 Å². The zero-order valence-corrected chi connectivity index (χ0v) is 13.5. The fraction of sp³-hybridized carbons (Fsp3) is 0.375. The second kappa shape index (κ2) is 5.72. The Labute approximate surface area is 134 Å². The Morgan fingerprint density at radius 3 is 2.41 bits per heavy atom. The highest BCUT2D eigenvalue weighted by Crippen LogP contribution is 2.32. The molecule has 2 aromatic rings. The summed E-state index contributed by atoms with van der Waals surface area (Å²) >= 11 is 6.16. The Hall–Kier alpha value is -1.30. The molecule has 0 saturated carbocycles. The molecular weight excluding hydrogens is 324 g/mol. The normalized spacial score (nSPS) is 19.9. The molecule has 1 aliphatic rings. The van der Waals surface area contributed by atoms with E-state index < -0.39 is 15.4 Å². The van der Waals surface area contributed by atoms with E-state index in [4.69, 9.17) is 16.3 Å². The van der Waals surface area contributed by atoms with Gasteiger partial charge in [0.1, 0.15) is 18.0 Å². The number of benzene rings is 2. The van der Waals surface area contributed by atoms with Crippen LogP contribution in [0.2, 0.25) is 5.02 Å². The van der Waals surface area contributed by atoms with Crippen molar-refractivity contribution in [3.63, 3.8) is 0 Å². The molecule has 1 N–H and O–H groups in total. The minimum absolute atomic E-state index is 0.00816. The second-order valence-corrected chi connectivity index (χ2v) is 8.47. The number of fused-ring (bicyclic) bond motifs is 1. The van der Waals surface area contributed by atoms with Gasteiger partial charge in [-0.2, -0.15) is 0 Å². The first-order valence-electron chi connectivity index (χ1n) is 7.11. The molecule has 0 aromatic heterocycles. The number of aliphatic hydroxyl groups is 1. The van der Waals surface area contributed by atoms with Crippen LogP contribution in [0.4, 0.5) is 0 Å². The smallest absolute Gasteiger partial charge is 0.150 e. The fourth-order valence-corrected chi connectivity index (χ4v) is 4.45. The Morgan fingerprint density at radius 1 is 1.09 bits per heavy atom. The highest BCUT2D eigenvalue weighted by atomic mass is 35.5. The van der Waals surface area contributed by atoms with Gasteiger partial charge in [0.05, 0.1) is 11.5 Å². The van der Waals surface area contributed by atoms with E-state index in [-0.39, 0.29) is 31.0 Å². The van der Waals surface area contributed by atoms with Crippen molar-refractivity contribution in [3.8, 4) is 5.75 Å². The zero-order chi connectivity index (χ0) is 15.8. The summed E-state index contributed by atoms with van der Waals surface area (Å²) in [6.45, 7) is 0.0775. The molecule has 1 fully saturated rings. The van der Waals surface area contributed by atoms with Gasteiger partial charge in [-0.15, -0.1) is 0 Å². The van der Waals surface area contributed by atoms with Crippen LogP contribution in [0.15, 0.2) is 36.4 Å². The number of hydrogen-bond acceptors (Lipinski definition) is 4. The number of ether oxygens (including phenoxy) is 1. The molecule has 4 nitrogen and oxygen atoms in total. The lowest BCUT2D eigenvalue weighted by atomic mass is 9.98. The minimum Gasteiger partial charge on any atom is -0.490 e. The molecule has 0 atom stereocenters. The van der Waals surface area contributed by atoms with Gasteiger partial charge >= 0.3 is 0 Å². The lowest BCUT2D eigenvalue weighted by Crippen LogP contribution is -2.43. The van der Waals surface area contributed by atoms with Crippen molar-refractivity contribution in [1.82, 2.24) is 0 Å². The summed E-state index contributed by atoms with van der Waals surface area (Å²) in [5.41, 5.74) is -1.09. The molecule has 1 aliphatic heterocycles. The van der Waals surface area contributed by atoms with Crippen molar-refractivity contribution in [3.05, 3.63) is 41.4 Å². The number of rotatable bonds is 3. The van der Waals surface area contributed by atoms with Crippen molar-refractivity contribution in [1.29, 1.82) is 0 Å². The van der Waals surface area contributed by atoms with Crippen molar-refractivity contribution < 1.29 is 18.3 Å². The van der Waals surface area contributed by atoms with Crippen LogP contribution in [-0.4, -0.2) is 37.2 Å². The van der Waals surface area contributed by atoms with Gasteiger partial charge < -0.3 is 9.84 Å². The van der Waals surface area contributed by atoms with Gasteiger partial charge in [0.15, 0.2) is 9.84 Å². The SMILES string of the molecule is O=S1(=O)CCC(O)(COc2ccc(Cl)c3ccccc23)CC1. The molecule has 0 amide bonds. The van der Waals surface area contributed by atoms with Crippen LogP contribution in [0, 0.1) is 0 Å². The molecular formula is C16H17ClO4S. The highest BCUT2D eigenvalue weighted by molar-refractivity contribution is 7.91. The van der Waals surface area contributed by atoms with E-state index in [0.717, 1.165) is 10.8 Å². The molecule has 3 rings (SSSR count). The van der Waals surface area contributed by atoms with E-state index >= 15 is 0 Å². The van der Waals surface area contributed by atoms with Crippen molar-refractivity contribution >= 4 is 32.2 Å². The Balaban J connectivity index is 1.79. The van der Waals surface area contributed by atoms with Crippen LogP contribution >= 0.6 is 11.6 Å². The van der Waals surface area contributed by atoms with Gasteiger partial charge in [-0.05, 0) is 25.0 Å². The van der Waals surface area contributed by atoms with Gasteiger partial charge in [-0.3, -0.25) is 0 Å². The van der Waals surface area contributed by atoms with E-state index in [0.29, 0.717) is 10.8 Å². The van der Waals surface area contributed by atoms with Gasteiger partial charge in [0.2, 0.25) is 0 Å². The van der Waals surface area contributed by atoms with Crippen LogP contribution in [0.5, 0.6) is 5.75 Å². The third-order valence-corrected chi connectivity index (χ3v) is 6.07. The summed E-state index contributed by atoms with van der Waals surface area (Å²) in [5.74, 6) is 0.657. The summed E-state index contributed by atoms with van der Waals surface area (Å²) in [4.78, 5) is 0. The van der Waals surface area contributed by atoms with Gasteiger partial charge in [0.25, 0.3) is 0 Å². The quantitative estimate of drug-likeness (QED) is 0.933. The number of halogens is 1. The van der Waals surface area contributed by atoms with E-state index in [1.54, 1.807) is 12.1 Å². The van der Waals surface area contributed by atoms with E-state index in [1.807, 2.05) is 24.3 Å². The lowest BCUT2D eigenvalue weighted by Gasteiger charge is -2.31. The Bertz CT molecular complexity index is 787. The summed E-state index contributed by atoms with van der Waals surface area (Å²) in [5, 5.41) is 12.9. The molecule has 0 aliphatic carbocycles. The molecule has 0 unspecified atom stereocenters. The van der Waals surface area contributed by atoms with Crippen LogP contribution < -0.4 is 4.74 Å². The third-order valence-electron chi connectivity index (χ3n) is 4.08. The van der Waals surface area contributed by atoms with Crippen LogP contribution in [0.3, 0.4) is 0 Å². The lowest BCUT2D eigenvalue weighted by molar-refractivity contribution is -0.0124. The van der Waals surface area contributed by atoms with Gasteiger partial charge in [-0.25, -0.2) is 8.42 Å². The van der Waals surface area contributed by atoms with E-state index in [9.17, 15) is 13.5 Å². The molecule has 1 saturated heterocycles. The largest absolute Gasteiger partial charge is 0.490 e. The number of hydrogen-bond donors (Lipinski definition) is 1. The third kappa shape index (κ3) is 3.21. The first kappa shape index (κ1) is 15.6. The highest BCUT2D eigenvalue weighted by Gasteiger charge is 2.36. The molecule has 2 aromatic carbocycles. The number of sulfone groups is 1. The predicted octanol–water partition coefficient (Wildman–Crippen LogP) is 2.81. The fourth-order valence-electron chi connectivity index (χ4n) is 2.63. The first-order chi connectivity index (χ1) is 10.4. The molecule has 0 bridgehead atoms. The summed E-state index contributed by atoms with van der Waals surface area (Å²) in [6.07, 6.45) is 0.418. The van der Waals surface area contributed by atoms with Crippen molar-refractivity contribution in [2.45, 2.75) is 18.4 Å². The zero-order valence-electron chi connectivity index (χ0n) is 12.0. The molecule has 0 radical (unpaired) electrons. The first-order valence-corrected chi connectivity index (χ1v) is 9.31. The molecule has 1 heterocycles. The summed E-state index contributed by atoms with van der Waals surface area (Å²) in [7, 11) is -3.01. The molecule has 118 valence electrons. The minimum atomic E-state index is -3.01. The Kier molecular flexibility index (Phi) is 4.05. The second-order valence-electron chi connectivity index (χ2n) is 5.76. The summed E-state index contributed by atoms with van der Waals surface area (Å²) < 4.78 is 28.7. The molecule has 6 heteroatoms. The monoisotopic (exact) mass is 340 g/mol. The maximum atomic E-state index is 11.5. The maximum absolute atomic E-state index is 11.5. The average molecular weight is 341 g/mol. The average Bonchev–Trinajstić information content (AvgIpc) is 2.51. The Morgan fingerprint density at radius 2 is 1.73 bits per heavy atom. The van der Waals surface area contributed by atoms with Crippen molar-refractivity contribution in [2.75, 3.05) is 18.1 Å². The summed E-state index contributed by atoms with van der Waals surface area (Å²) in [6, 6.07) is 11.1. The topological polar surface area (TPSA) is 63.6 Å². The standard InChI is InChI=1S/C16H17ClO4S/c17-14-5-6-15(13-4-2-1-3-12(13)14)21-11-16(18)7-9-22(19,20)10-8-16/h1-6,18H,7-11H2. The maximum Gasteiger partial charge on any atom is 0.150 e. The van der Waals surface area contributed by atoms with Crippen molar-refractivity contribution in [2.24, 2.45) is 0 Å². The van der Waals surface area contributed by atoms with E-state index in [2.05, 4.69) is 0 Å². The van der Waals surface area contributed by atoms with Crippen LogP contribution in [0.1, 0.15) is 12.8 Å². The van der Waals surface area contributed by atoms with Gasteiger partial charge in [-0.1, -0.05) is 35.9 Å². The predicted molar refractivity (Wildman–Crippen MR) is 87.3 cm³/mol. The van der Waals surface area contributed by atoms with Crippen LogP contribution in [0.25, 0.3) is 10.8 Å².